The summed E-state index contributed by atoms with van der Waals surface area (Å²) in [5.74, 6) is 1.02. The topological polar surface area (TPSA) is 285 Å². The van der Waals surface area contributed by atoms with E-state index < -0.39 is 18.1 Å². The first-order valence-electron chi connectivity index (χ1n) is 32.0. The number of aromatic nitrogens is 5. The lowest BCUT2D eigenvalue weighted by Crippen LogP contribution is -2.40. The third-order valence-electron chi connectivity index (χ3n) is 16.9. The van der Waals surface area contributed by atoms with Gasteiger partial charge in [0.05, 0.1) is 22.2 Å². The first kappa shape index (κ1) is 67.2. The number of nitrogens with zero attached hydrogens (tertiary/aromatic N) is 9. The Morgan fingerprint density at radius 2 is 0.882 bits per heavy atom. The van der Waals surface area contributed by atoms with Crippen molar-refractivity contribution in [3.8, 4) is 0 Å². The van der Waals surface area contributed by atoms with E-state index in [4.69, 9.17) is 32.8 Å². The maximum absolute atomic E-state index is 13.9. The van der Waals surface area contributed by atoms with Gasteiger partial charge in [-0.3, -0.25) is 34.9 Å². The average molecular weight is 1550 g/mol. The van der Waals surface area contributed by atoms with Crippen LogP contribution in [-0.2, 0) is 9.59 Å². The fourth-order valence-electron chi connectivity index (χ4n) is 12.0. The van der Waals surface area contributed by atoms with E-state index in [0.717, 1.165) is 68.8 Å². The maximum Gasteiger partial charge on any atom is 0.302 e. The molecule has 3 atom stereocenters. The Hall–Kier alpha value is -12.0. The molecule has 0 saturated heterocycles. The molecule has 23 nitrogen and oxygen atoms in total. The fraction of sp³-hybridized carbons (Fsp3) is 0.105. The van der Waals surface area contributed by atoms with Crippen molar-refractivity contribution in [3.05, 3.63) is 288 Å². The zero-order valence-corrected chi connectivity index (χ0v) is 59.8. The number of para-hydroxylation sites is 8. The van der Waals surface area contributed by atoms with Crippen LogP contribution in [0, 0.1) is 6.92 Å². The van der Waals surface area contributed by atoms with E-state index in [1.54, 1.807) is 28.8 Å². The van der Waals surface area contributed by atoms with Gasteiger partial charge in [0, 0.05) is 60.9 Å². The highest BCUT2D eigenvalue weighted by Gasteiger charge is 2.36. The van der Waals surface area contributed by atoms with Gasteiger partial charge in [-0.2, -0.15) is 15.0 Å². The van der Waals surface area contributed by atoms with Crippen LogP contribution in [0.25, 0.3) is 44.2 Å². The Balaban J connectivity index is 0.000000130. The van der Waals surface area contributed by atoms with Gasteiger partial charge in [0.2, 0.25) is 17.9 Å². The van der Waals surface area contributed by atoms with E-state index in [1.807, 2.05) is 228 Å². The Morgan fingerprint density at radius 1 is 0.471 bits per heavy atom. The quantitative estimate of drug-likeness (QED) is 0.0633. The molecule has 0 spiro atoms. The molecular formula is C76H61Br3N16O7. The van der Waals surface area contributed by atoms with E-state index in [-0.39, 0.29) is 17.7 Å². The second-order valence-corrected chi connectivity index (χ2v) is 26.1. The van der Waals surface area contributed by atoms with Crippen LogP contribution in [0.4, 0.5) is 29.5 Å². The van der Waals surface area contributed by atoms with Gasteiger partial charge in [0.25, 0.3) is 17.7 Å². The third kappa shape index (κ3) is 14.3. The highest BCUT2D eigenvalue weighted by molar-refractivity contribution is 9.11. The lowest BCUT2D eigenvalue weighted by molar-refractivity contribution is -0.115. The lowest BCUT2D eigenvalue weighted by Gasteiger charge is -2.30. The Bertz CT molecular complexity index is 5490. The summed E-state index contributed by atoms with van der Waals surface area (Å²) in [6.07, 6.45) is 3.20. The molecule has 0 saturated carbocycles. The number of hydrogen-bond donors (Lipinski definition) is 7. The minimum Gasteiger partial charge on any atom is -0.423 e. The number of oxazole rings is 3. The van der Waals surface area contributed by atoms with Crippen LogP contribution in [0.1, 0.15) is 65.9 Å². The van der Waals surface area contributed by atoms with E-state index in [0.29, 0.717) is 92.3 Å². The number of carbonyl (C=O) groups excluding carboxylic acids is 3. The number of anilines is 5. The van der Waals surface area contributed by atoms with E-state index in [9.17, 15) is 14.4 Å². The number of hydrogen-bond acceptors (Lipinski definition) is 20. The molecule has 3 aliphatic heterocycles. The lowest BCUT2D eigenvalue weighted by atomic mass is 9.95. The van der Waals surface area contributed by atoms with Crippen LogP contribution in [0.5, 0.6) is 0 Å². The molecule has 5 aromatic heterocycles. The molecule has 26 heteroatoms. The molecule has 13 aromatic rings. The van der Waals surface area contributed by atoms with Crippen LogP contribution in [0.2, 0.25) is 0 Å². The van der Waals surface area contributed by atoms with Gasteiger partial charge in [-0.25, -0.2) is 15.0 Å². The smallest absolute Gasteiger partial charge is 0.302 e. The molecule has 508 valence electrons. The molecule has 102 heavy (non-hydrogen) atoms. The number of benzene rings is 8. The molecule has 0 radical (unpaired) electrons. The van der Waals surface area contributed by atoms with Gasteiger partial charge in [-0.05, 0) is 123 Å². The van der Waals surface area contributed by atoms with Crippen molar-refractivity contribution in [1.82, 2.24) is 40.6 Å². The average Bonchev–Trinajstić information content (AvgIpc) is 1.06. The van der Waals surface area contributed by atoms with Crippen LogP contribution < -0.4 is 42.1 Å². The maximum atomic E-state index is 13.9. The van der Waals surface area contributed by atoms with Crippen molar-refractivity contribution >= 4 is 157 Å². The molecule has 2 amide bonds. The summed E-state index contributed by atoms with van der Waals surface area (Å²) >= 11 is 10.9. The monoisotopic (exact) mass is 1550 g/mol. The van der Waals surface area contributed by atoms with Gasteiger partial charge in [-0.15, -0.1) is 0 Å². The number of carbonyl (C=O) groups is 3. The highest BCUT2D eigenvalue weighted by Crippen LogP contribution is 2.40. The zero-order chi connectivity index (χ0) is 70.5. The Morgan fingerprint density at radius 3 is 1.35 bits per heavy atom. The number of aliphatic imine (C=N–C) groups is 3. The molecule has 7 N–H and O–H groups in total. The predicted octanol–water partition coefficient (Wildman–Crippen LogP) is 16.8. The third-order valence-corrected chi connectivity index (χ3v) is 19.0. The van der Waals surface area contributed by atoms with Crippen molar-refractivity contribution in [1.29, 1.82) is 0 Å². The van der Waals surface area contributed by atoms with Gasteiger partial charge in [-0.1, -0.05) is 180 Å². The molecule has 3 unspecified atom stereocenters. The summed E-state index contributed by atoms with van der Waals surface area (Å²) in [7, 11) is 1.79. The van der Waals surface area contributed by atoms with Gasteiger partial charge in [0.15, 0.2) is 22.6 Å². The Kier molecular flexibility index (Phi) is 19.4. The number of nitrogens with one attached hydrogen (secondary N) is 7. The van der Waals surface area contributed by atoms with Crippen molar-refractivity contribution in [2.75, 3.05) is 33.2 Å². The fourth-order valence-corrected chi connectivity index (χ4v) is 13.5. The van der Waals surface area contributed by atoms with Gasteiger partial charge >= 0.3 is 18.0 Å². The molecule has 0 bridgehead atoms. The van der Waals surface area contributed by atoms with Gasteiger partial charge in [0.1, 0.15) is 40.9 Å². The van der Waals surface area contributed by atoms with Crippen LogP contribution in [0.15, 0.2) is 299 Å². The number of halogens is 3. The van der Waals surface area contributed by atoms with E-state index in [1.165, 1.54) is 6.26 Å². The number of aryl methyl sites for hydroxylation is 1. The summed E-state index contributed by atoms with van der Waals surface area (Å²) in [5, 5.41) is 26.5. The summed E-state index contributed by atoms with van der Waals surface area (Å²) < 4.78 is 26.4. The van der Waals surface area contributed by atoms with E-state index in [2.05, 4.69) is 105 Å². The highest BCUT2D eigenvalue weighted by atomic mass is 79.9. The molecular weight excluding hydrogens is 1490 g/mol. The largest absolute Gasteiger partial charge is 0.423 e. The number of fused-ring (bicyclic) bond motifs is 4. The number of rotatable bonds is 11. The van der Waals surface area contributed by atoms with Crippen LogP contribution >= 0.6 is 47.8 Å². The predicted molar refractivity (Wildman–Crippen MR) is 406 cm³/mol. The van der Waals surface area contributed by atoms with Crippen LogP contribution in [0.3, 0.4) is 0 Å². The van der Waals surface area contributed by atoms with Crippen LogP contribution in [-0.4, -0.2) is 67.3 Å². The minimum absolute atomic E-state index is 0.130. The summed E-state index contributed by atoms with van der Waals surface area (Å²) in [5.41, 5.74) is 13.1. The van der Waals surface area contributed by atoms with E-state index >= 15 is 0 Å². The summed E-state index contributed by atoms with van der Waals surface area (Å²) in [4.78, 5) is 70.5. The molecule has 8 heterocycles. The Labute approximate surface area is 608 Å². The number of likely N-dealkylation sites (N-methyl/N-ethyl adjacent to an activating group) is 1. The van der Waals surface area contributed by atoms with Gasteiger partial charge < -0.3 is 43.9 Å². The normalized spacial score (nSPS) is 15.8. The molecule has 16 rings (SSSR count). The SMILES string of the molecule is CC1=C(C(=O)N(C)c2ccccc2C)C(c2ccccc2Br)N=C(Nc2nc3ccccc3o2)N1.CC1=C(C(=O)Nc2ccon2)C(c2ccccc2Br)N=C(Nc2nc3ccccc3o2)N1.CC1=C(C(=O)n2ccc3ccccc32)C(c2ccccc2Br)N=C(Nc2nc3ccccc3o2)N1. The standard InChI is InChI=1S/C27H20BrN5O2.C27H24BrN5O2.C22H17BrN6O3/c1-16-23(25(34)33-15-14-17-8-2-6-12-21(17)33)24(18-9-3-4-10-19(18)28)31-26(29-16)32-27-30-20-11-5-7-13-22(20)35-27;1-16-10-4-8-14-21(16)33(3)25(34)23-17(2)29-26(31-24(23)18-11-5-6-12-19(18)28)32-27-30-20-13-7-9-15-22(20)35-27;1-12-18(20(30)26-17-10-11-31-29-17)19(13-6-2-3-7-14(13)23)27-21(24-12)28-22-25-15-8-4-5-9-16(15)32-22/h2-15,24H,1H3,(H2,29,30,31,32);4-15,24H,1-3H3,(H2,29,30,31,32);2-11,19H,1H3,(H,26,29,30)(H2,24,25,27,28). The number of amides is 2. The minimum atomic E-state index is -0.592. The zero-order valence-electron chi connectivity index (χ0n) is 55.0. The molecule has 8 aromatic carbocycles. The second-order valence-electron chi connectivity index (χ2n) is 23.6. The van der Waals surface area contributed by atoms with Crippen molar-refractivity contribution in [2.45, 2.75) is 45.8 Å². The number of guanidine groups is 3. The first-order valence-corrected chi connectivity index (χ1v) is 34.4. The summed E-state index contributed by atoms with van der Waals surface area (Å²) in [6.45, 7) is 7.56. The molecule has 3 aliphatic rings. The van der Waals surface area contributed by atoms with Crippen molar-refractivity contribution < 1.29 is 32.2 Å². The second kappa shape index (κ2) is 29.4. The summed E-state index contributed by atoms with van der Waals surface area (Å²) in [6, 6.07) is 64.2. The molecule has 0 fully saturated rings. The molecule has 0 aliphatic carbocycles. The number of allylic oxidation sites excluding steroid dienone is 3. The van der Waals surface area contributed by atoms with Crippen molar-refractivity contribution in [2.24, 2.45) is 15.0 Å². The first-order chi connectivity index (χ1) is 49.6. The van der Waals surface area contributed by atoms with Crippen molar-refractivity contribution in [3.63, 3.8) is 0 Å².